The first-order chi connectivity index (χ1) is 51.3. The highest BCUT2D eigenvalue weighted by Gasteiger charge is 2.36. The summed E-state index contributed by atoms with van der Waals surface area (Å²) in [7, 11) is 1.71. The van der Waals surface area contributed by atoms with E-state index in [9.17, 15) is 5.11 Å². The maximum atomic E-state index is 10.3. The van der Waals surface area contributed by atoms with Gasteiger partial charge in [0.15, 0.2) is 29.1 Å². The Balaban J connectivity index is 0.000000128. The number of aliphatic hydroxyl groups is 1. The molecular weight excluding hydrogens is 1320 g/mol. The minimum atomic E-state index is -0.974. The van der Waals surface area contributed by atoms with Gasteiger partial charge in [-0.3, -0.25) is 9.97 Å². The van der Waals surface area contributed by atoms with Crippen molar-refractivity contribution in [2.45, 2.75) is 51.7 Å². The molecule has 0 atom stereocenters. The average Bonchev–Trinajstić information content (AvgIpc) is 1.49. The van der Waals surface area contributed by atoms with Crippen molar-refractivity contribution in [3.05, 3.63) is 297 Å². The van der Waals surface area contributed by atoms with Gasteiger partial charge < -0.3 is 23.3 Å². The van der Waals surface area contributed by atoms with E-state index < -0.39 is 11.2 Å². The SMILES string of the molecule is C1CCOC1.CC(C)(O)C(C)(C)O[B]c1cccc2oc3cc4ccncc4cc3c12.Clc1nc(-c2ccccc2)nc(-c2cc(-c3ccccc3)c3ccccc3c2)n1.[HH].c1ccc(-c2nc(-c3cc(-c4ccccc4)c4ccccc4c3)nc(-c3cccc4oc5cc6ccncc6cc5c34)n2)cc1. The number of nitrogens with zero attached hydrogens (tertiary/aromatic N) is 8. The summed E-state index contributed by atoms with van der Waals surface area (Å²) in [5.41, 5.74) is 11.6. The van der Waals surface area contributed by atoms with Gasteiger partial charge in [0.25, 0.3) is 0 Å². The molecule has 1 N–H and O–H groups in total. The largest absolute Gasteiger partial charge is 0.456 e. The van der Waals surface area contributed by atoms with Gasteiger partial charge in [-0.2, -0.15) is 9.97 Å². The Morgan fingerprint density at radius 1 is 0.371 bits per heavy atom. The van der Waals surface area contributed by atoms with Crippen molar-refractivity contribution in [3.63, 3.8) is 0 Å². The summed E-state index contributed by atoms with van der Waals surface area (Å²) in [4.78, 5) is 37.3. The molecule has 6 aromatic heterocycles. The smallest absolute Gasteiger partial charge is 0.331 e. The maximum absolute atomic E-state index is 10.3. The van der Waals surface area contributed by atoms with Crippen molar-refractivity contribution in [3.8, 4) is 79.2 Å². The molecule has 0 aliphatic carbocycles. The van der Waals surface area contributed by atoms with Crippen LogP contribution in [0, 0.1) is 0 Å². The lowest BCUT2D eigenvalue weighted by Gasteiger charge is -2.37. The second-order valence-electron chi connectivity index (χ2n) is 26.9. The fourth-order valence-electron chi connectivity index (χ4n) is 13.1. The van der Waals surface area contributed by atoms with Crippen molar-refractivity contribution in [1.29, 1.82) is 0 Å². The lowest BCUT2D eigenvalue weighted by molar-refractivity contribution is -0.0893. The topological polar surface area (TPSA) is 168 Å². The van der Waals surface area contributed by atoms with Crippen molar-refractivity contribution in [2.75, 3.05) is 13.2 Å². The molecule has 1 radical (unpaired) electrons. The molecule has 0 saturated carbocycles. The Hall–Kier alpha value is -12.2. The molecule has 1 saturated heterocycles. The molecule has 1 aliphatic heterocycles. The zero-order valence-corrected chi connectivity index (χ0v) is 58.9. The van der Waals surface area contributed by atoms with Crippen LogP contribution in [0.3, 0.4) is 0 Å². The van der Waals surface area contributed by atoms with E-state index in [0.29, 0.717) is 29.1 Å². The summed E-state index contributed by atoms with van der Waals surface area (Å²) in [6.45, 7) is 9.23. The van der Waals surface area contributed by atoms with E-state index in [1.54, 1.807) is 33.7 Å². The van der Waals surface area contributed by atoms with Crippen LogP contribution in [0.25, 0.3) is 166 Å². The van der Waals surface area contributed by atoms with Crippen molar-refractivity contribution >= 4 is 112 Å². The third kappa shape index (κ3) is 14.3. The van der Waals surface area contributed by atoms with E-state index in [-0.39, 0.29) is 6.71 Å². The van der Waals surface area contributed by atoms with Gasteiger partial charge in [0.05, 0.1) is 11.2 Å². The number of halogens is 1. The van der Waals surface area contributed by atoms with Crippen LogP contribution < -0.4 is 5.46 Å². The first-order valence-corrected chi connectivity index (χ1v) is 35.4. The number of ether oxygens (including phenoxy) is 1. The molecule has 19 rings (SSSR count). The Morgan fingerprint density at radius 2 is 0.800 bits per heavy atom. The summed E-state index contributed by atoms with van der Waals surface area (Å²) in [6.07, 6.45) is 9.88. The second-order valence-corrected chi connectivity index (χ2v) is 27.2. The number of furan rings is 2. The Bertz CT molecular complexity index is 6190. The Kier molecular flexibility index (Phi) is 18.8. The van der Waals surface area contributed by atoms with E-state index in [2.05, 4.69) is 147 Å². The number of pyridine rings is 2. The van der Waals surface area contributed by atoms with E-state index in [1.807, 2.05) is 166 Å². The van der Waals surface area contributed by atoms with E-state index in [1.165, 1.54) is 23.6 Å². The van der Waals surface area contributed by atoms with Gasteiger partial charge in [-0.15, -0.1) is 0 Å². The number of benzene rings is 12. The van der Waals surface area contributed by atoms with Crippen molar-refractivity contribution in [2.24, 2.45) is 0 Å². The quantitative estimate of drug-likeness (QED) is 0.122. The first kappa shape index (κ1) is 67.3. The number of aromatic nitrogens is 8. The molecule has 13 nitrogen and oxygen atoms in total. The van der Waals surface area contributed by atoms with Crippen LogP contribution in [0.4, 0.5) is 0 Å². The van der Waals surface area contributed by atoms with Crippen LogP contribution in [0.1, 0.15) is 42.0 Å². The highest BCUT2D eigenvalue weighted by atomic mass is 35.5. The maximum Gasteiger partial charge on any atom is 0.331 e. The van der Waals surface area contributed by atoms with Crippen molar-refractivity contribution < 1.29 is 24.8 Å². The monoisotopic (exact) mass is 1390 g/mol. The van der Waals surface area contributed by atoms with Crippen molar-refractivity contribution in [1.82, 2.24) is 39.9 Å². The van der Waals surface area contributed by atoms with Crippen LogP contribution >= 0.6 is 11.6 Å². The number of hydrogen-bond acceptors (Lipinski definition) is 13. The number of hydrogen-bond donors (Lipinski definition) is 1. The van der Waals surface area contributed by atoms with Gasteiger partial charge >= 0.3 is 7.48 Å². The van der Waals surface area contributed by atoms with Gasteiger partial charge in [-0.25, -0.2) is 19.9 Å². The van der Waals surface area contributed by atoms with Gasteiger partial charge in [0.2, 0.25) is 5.28 Å². The molecule has 18 aromatic rings. The molecule has 511 valence electrons. The zero-order chi connectivity index (χ0) is 71.4. The number of rotatable bonds is 11. The third-order valence-electron chi connectivity index (χ3n) is 19.3. The molecule has 0 unspecified atom stereocenters. The predicted molar refractivity (Wildman–Crippen MR) is 428 cm³/mol. The summed E-state index contributed by atoms with van der Waals surface area (Å²) in [5, 5.41) is 23.4. The minimum Gasteiger partial charge on any atom is -0.456 e. The minimum absolute atomic E-state index is 0. The van der Waals surface area contributed by atoms with Crippen LogP contribution in [0.5, 0.6) is 0 Å². The fourth-order valence-corrected chi connectivity index (χ4v) is 13.3. The molecule has 1 fully saturated rings. The lowest BCUT2D eigenvalue weighted by Crippen LogP contribution is -2.49. The fraction of sp³-hybridized carbons (Fsp3) is 0.111. The Labute approximate surface area is 613 Å². The first-order valence-electron chi connectivity index (χ1n) is 35.0. The normalized spacial score (nSPS) is 12.3. The molecule has 12 aromatic carbocycles. The molecule has 0 amide bonds. The standard InChI is InChI=1S/C40H24N4O.C25H16ClN3.C21H21BNO3.C4H8O.H2/c1-3-10-25(11-4-1)33-21-29(20-28-14-7-8-15-31(28)33)39-42-38(26-12-5-2-6-13-26)43-40(44-39)32-16-9-17-35-37(32)34-22-30-24-41-19-18-27(30)23-36(34)45-35;26-25-28-23(18-11-5-2-6-12-18)27-24(29-25)20-15-19-13-7-8-14-21(19)22(16-20)17-9-3-1-4-10-17;1-20(2,24)21(3,4)26-22-16-6-5-7-17-19(16)15-10-14-12-23-9-8-13(14)11-18(15)25-17;1-2-4-5-3-1;/h1-24H;1-16H;5-12,24H,1-4H3;1-4H2;1H. The van der Waals surface area contributed by atoms with Gasteiger partial charge in [0.1, 0.15) is 22.3 Å². The van der Waals surface area contributed by atoms with Gasteiger partial charge in [0, 0.05) is 99.6 Å². The van der Waals surface area contributed by atoms with Crippen LogP contribution in [-0.2, 0) is 9.39 Å². The summed E-state index contributed by atoms with van der Waals surface area (Å²) in [5.74, 6) is 2.94. The highest BCUT2D eigenvalue weighted by Crippen LogP contribution is 2.41. The van der Waals surface area contributed by atoms with Gasteiger partial charge in [-0.05, 0) is 185 Å². The molecule has 1 aliphatic rings. The predicted octanol–water partition coefficient (Wildman–Crippen LogP) is 21.8. The molecule has 7 heterocycles. The van der Waals surface area contributed by atoms with Gasteiger partial charge in [-0.1, -0.05) is 194 Å². The zero-order valence-electron chi connectivity index (χ0n) is 58.2. The summed E-state index contributed by atoms with van der Waals surface area (Å²) >= 11 is 6.26. The number of fused-ring (bicyclic) bond motifs is 10. The molecule has 0 spiro atoms. The molecule has 0 bridgehead atoms. The molecule has 15 heteroatoms. The average molecular weight is 1390 g/mol. The van der Waals surface area contributed by atoms with Crippen LogP contribution in [0.2, 0.25) is 5.28 Å². The van der Waals surface area contributed by atoms with E-state index in [4.69, 9.17) is 49.8 Å². The van der Waals surface area contributed by atoms with Crippen LogP contribution in [0.15, 0.2) is 301 Å². The van der Waals surface area contributed by atoms with E-state index >= 15 is 0 Å². The van der Waals surface area contributed by atoms with Crippen LogP contribution in [-0.4, -0.2) is 76.9 Å². The van der Waals surface area contributed by atoms with E-state index in [0.717, 1.165) is 145 Å². The Morgan fingerprint density at radius 3 is 1.30 bits per heavy atom. The second kappa shape index (κ2) is 29.3. The summed E-state index contributed by atoms with van der Waals surface area (Å²) in [6, 6.07) is 90.3. The highest BCUT2D eigenvalue weighted by molar-refractivity contribution is 6.53. The lowest BCUT2D eigenvalue weighted by atomic mass is 9.80. The molecular formula is C90H71BClN8O5. The third-order valence-corrected chi connectivity index (χ3v) is 19.4. The summed E-state index contributed by atoms with van der Waals surface area (Å²) < 4.78 is 23.3. The molecule has 105 heavy (non-hydrogen) atoms.